The van der Waals surface area contributed by atoms with E-state index in [1.807, 2.05) is 13.8 Å². The number of rotatable bonds is 6. The van der Waals surface area contributed by atoms with Gasteiger partial charge < -0.3 is 5.11 Å². The lowest BCUT2D eigenvalue weighted by Gasteiger charge is -2.09. The second-order valence-corrected chi connectivity index (χ2v) is 6.22. The fourth-order valence-corrected chi connectivity index (χ4v) is 2.60. The monoisotopic (exact) mass is 267 g/mol. The molecule has 0 amide bonds. The third kappa shape index (κ3) is 4.69. The number of carbonyl (C=O) groups is 1. The van der Waals surface area contributed by atoms with Crippen LogP contribution in [0.2, 0.25) is 0 Å². The van der Waals surface area contributed by atoms with Crippen molar-refractivity contribution in [1.82, 2.24) is 4.98 Å². The molecule has 0 aliphatic carbocycles. The molecule has 100 valence electrons. The van der Waals surface area contributed by atoms with Gasteiger partial charge in [-0.3, -0.25) is 0 Å². The van der Waals surface area contributed by atoms with Gasteiger partial charge in [0.2, 0.25) is 0 Å². The van der Waals surface area contributed by atoms with Gasteiger partial charge >= 0.3 is 5.97 Å². The Hall–Kier alpha value is -1.03. The molecule has 1 aromatic heterocycles. The highest BCUT2D eigenvalue weighted by atomic mass is 32.2. The Bertz CT molecular complexity index is 416. The Morgan fingerprint density at radius 2 is 2.00 bits per heavy atom. The average molecular weight is 267 g/mol. The summed E-state index contributed by atoms with van der Waals surface area (Å²) in [5.74, 6) is 0.995. The van der Waals surface area contributed by atoms with Gasteiger partial charge in [-0.1, -0.05) is 27.7 Å². The van der Waals surface area contributed by atoms with Crippen LogP contribution >= 0.6 is 11.8 Å². The Morgan fingerprint density at radius 3 is 2.50 bits per heavy atom. The summed E-state index contributed by atoms with van der Waals surface area (Å²) in [6, 6.07) is 3.33. The first kappa shape index (κ1) is 15.0. The van der Waals surface area contributed by atoms with Crippen LogP contribution in [0.3, 0.4) is 0 Å². The first-order valence-corrected chi connectivity index (χ1v) is 7.26. The van der Waals surface area contributed by atoms with E-state index in [0.717, 1.165) is 22.9 Å². The number of carboxylic acids is 1. The summed E-state index contributed by atoms with van der Waals surface area (Å²) in [4.78, 5) is 15.6. The van der Waals surface area contributed by atoms with Crippen molar-refractivity contribution in [1.29, 1.82) is 0 Å². The van der Waals surface area contributed by atoms with Crippen LogP contribution < -0.4 is 0 Å². The number of aromatic nitrogens is 1. The fraction of sp³-hybridized carbons (Fsp3) is 0.571. The molecule has 0 saturated carbocycles. The quantitative estimate of drug-likeness (QED) is 0.790. The number of hydrogen-bond acceptors (Lipinski definition) is 3. The van der Waals surface area contributed by atoms with E-state index in [1.54, 1.807) is 23.9 Å². The third-order valence-corrected chi connectivity index (χ3v) is 3.55. The smallest absolute Gasteiger partial charge is 0.335 e. The SMILES string of the molecule is CC(C)CCSc1cc(C(=O)O)cc(C(C)C)n1. The van der Waals surface area contributed by atoms with Crippen molar-refractivity contribution in [2.45, 2.75) is 45.1 Å². The number of thioether (sulfide) groups is 1. The van der Waals surface area contributed by atoms with Crippen LogP contribution in [0, 0.1) is 5.92 Å². The van der Waals surface area contributed by atoms with Crippen LogP contribution in [0.25, 0.3) is 0 Å². The highest BCUT2D eigenvalue weighted by Gasteiger charge is 2.11. The van der Waals surface area contributed by atoms with Crippen molar-refractivity contribution in [3.05, 3.63) is 23.4 Å². The minimum atomic E-state index is -0.884. The topological polar surface area (TPSA) is 50.2 Å². The van der Waals surface area contributed by atoms with Gasteiger partial charge in [0.05, 0.1) is 10.6 Å². The second kappa shape index (κ2) is 6.78. The fourth-order valence-electron chi connectivity index (χ4n) is 1.42. The number of carboxylic acid groups (broad SMARTS) is 1. The molecule has 0 saturated heterocycles. The number of pyridine rings is 1. The largest absolute Gasteiger partial charge is 0.478 e. The third-order valence-electron chi connectivity index (χ3n) is 2.61. The second-order valence-electron chi connectivity index (χ2n) is 5.11. The van der Waals surface area contributed by atoms with E-state index >= 15 is 0 Å². The van der Waals surface area contributed by atoms with E-state index in [4.69, 9.17) is 5.11 Å². The molecular formula is C14H21NO2S. The average Bonchev–Trinajstić information content (AvgIpc) is 2.28. The van der Waals surface area contributed by atoms with Crippen LogP contribution in [0.5, 0.6) is 0 Å². The molecule has 0 bridgehead atoms. The lowest BCUT2D eigenvalue weighted by molar-refractivity contribution is 0.0696. The van der Waals surface area contributed by atoms with Gasteiger partial charge in [-0.25, -0.2) is 9.78 Å². The number of nitrogens with zero attached hydrogens (tertiary/aromatic N) is 1. The summed E-state index contributed by atoms with van der Waals surface area (Å²) in [5.41, 5.74) is 1.18. The van der Waals surface area contributed by atoms with E-state index in [2.05, 4.69) is 18.8 Å². The zero-order valence-electron chi connectivity index (χ0n) is 11.4. The highest BCUT2D eigenvalue weighted by Crippen LogP contribution is 2.23. The minimum Gasteiger partial charge on any atom is -0.478 e. The zero-order chi connectivity index (χ0) is 13.7. The van der Waals surface area contributed by atoms with Crippen molar-refractivity contribution in [2.75, 3.05) is 5.75 Å². The molecule has 0 fully saturated rings. The predicted octanol–water partition coefficient (Wildman–Crippen LogP) is 4.04. The summed E-state index contributed by atoms with van der Waals surface area (Å²) >= 11 is 1.64. The molecule has 1 rings (SSSR count). The molecule has 0 unspecified atom stereocenters. The Kier molecular flexibility index (Phi) is 5.66. The number of aromatic carboxylic acids is 1. The van der Waals surface area contributed by atoms with Crippen molar-refractivity contribution in [3.63, 3.8) is 0 Å². The normalized spacial score (nSPS) is 11.2. The van der Waals surface area contributed by atoms with E-state index in [9.17, 15) is 4.79 Å². The lowest BCUT2D eigenvalue weighted by atomic mass is 10.1. The Morgan fingerprint density at radius 1 is 1.33 bits per heavy atom. The van der Waals surface area contributed by atoms with E-state index in [0.29, 0.717) is 11.5 Å². The van der Waals surface area contributed by atoms with Gasteiger partial charge in [0.25, 0.3) is 0 Å². The molecule has 0 atom stereocenters. The van der Waals surface area contributed by atoms with E-state index in [-0.39, 0.29) is 5.92 Å². The Balaban J connectivity index is 2.86. The maximum absolute atomic E-state index is 11.1. The molecule has 3 nitrogen and oxygen atoms in total. The molecule has 18 heavy (non-hydrogen) atoms. The summed E-state index contributed by atoms with van der Waals surface area (Å²) < 4.78 is 0. The first-order chi connectivity index (χ1) is 8.40. The van der Waals surface area contributed by atoms with Crippen molar-refractivity contribution >= 4 is 17.7 Å². The van der Waals surface area contributed by atoms with Crippen molar-refractivity contribution in [2.24, 2.45) is 5.92 Å². The summed E-state index contributed by atoms with van der Waals surface area (Å²) in [6.45, 7) is 8.41. The molecule has 1 heterocycles. The molecule has 0 spiro atoms. The van der Waals surface area contributed by atoms with E-state index in [1.165, 1.54) is 0 Å². The predicted molar refractivity (Wildman–Crippen MR) is 75.5 cm³/mol. The molecule has 0 radical (unpaired) electrons. The lowest BCUT2D eigenvalue weighted by Crippen LogP contribution is -2.03. The molecule has 0 aliphatic rings. The first-order valence-electron chi connectivity index (χ1n) is 6.28. The van der Waals surface area contributed by atoms with Crippen LogP contribution in [-0.4, -0.2) is 21.8 Å². The summed E-state index contributed by atoms with van der Waals surface area (Å²) in [6.07, 6.45) is 1.11. The van der Waals surface area contributed by atoms with Gasteiger partial charge in [0.15, 0.2) is 0 Å². The maximum atomic E-state index is 11.1. The van der Waals surface area contributed by atoms with Crippen LogP contribution in [0.15, 0.2) is 17.2 Å². The standard InChI is InChI=1S/C14H21NO2S/c1-9(2)5-6-18-13-8-11(14(16)17)7-12(15-13)10(3)4/h7-10H,5-6H2,1-4H3,(H,16,17). The van der Waals surface area contributed by atoms with Gasteiger partial charge in [-0.15, -0.1) is 11.8 Å². The molecule has 0 aromatic carbocycles. The molecule has 0 aliphatic heterocycles. The summed E-state index contributed by atoms with van der Waals surface area (Å²) in [5, 5.41) is 9.91. The zero-order valence-corrected chi connectivity index (χ0v) is 12.3. The molecule has 1 N–H and O–H groups in total. The minimum absolute atomic E-state index is 0.244. The maximum Gasteiger partial charge on any atom is 0.335 e. The van der Waals surface area contributed by atoms with Gasteiger partial charge in [0, 0.05) is 5.69 Å². The van der Waals surface area contributed by atoms with Crippen LogP contribution in [0.4, 0.5) is 0 Å². The van der Waals surface area contributed by atoms with Gasteiger partial charge in [0.1, 0.15) is 0 Å². The van der Waals surface area contributed by atoms with Crippen molar-refractivity contribution < 1.29 is 9.90 Å². The van der Waals surface area contributed by atoms with E-state index < -0.39 is 5.97 Å². The molecular weight excluding hydrogens is 246 g/mol. The van der Waals surface area contributed by atoms with Crippen LogP contribution in [0.1, 0.15) is 56.1 Å². The van der Waals surface area contributed by atoms with Gasteiger partial charge in [-0.2, -0.15) is 0 Å². The van der Waals surface area contributed by atoms with Gasteiger partial charge in [-0.05, 0) is 36.1 Å². The highest BCUT2D eigenvalue weighted by molar-refractivity contribution is 7.99. The summed E-state index contributed by atoms with van der Waals surface area (Å²) in [7, 11) is 0. The molecule has 4 heteroatoms. The number of hydrogen-bond donors (Lipinski definition) is 1. The molecule has 1 aromatic rings. The van der Waals surface area contributed by atoms with Crippen molar-refractivity contribution in [3.8, 4) is 0 Å². The van der Waals surface area contributed by atoms with Crippen LogP contribution in [-0.2, 0) is 0 Å². The Labute approximate surface area is 113 Å².